The van der Waals surface area contributed by atoms with Gasteiger partial charge in [-0.15, -0.1) is 0 Å². The van der Waals surface area contributed by atoms with E-state index in [-0.39, 0.29) is 25.8 Å². The van der Waals surface area contributed by atoms with Gasteiger partial charge in [-0.1, -0.05) is 6.42 Å². The Kier molecular flexibility index (Phi) is 22.3. The molecule has 0 aliphatic carbocycles. The number of aliphatic hydroxyl groups is 2. The number of rotatable bonds is 26. The van der Waals surface area contributed by atoms with Gasteiger partial charge in [0.15, 0.2) is 0 Å². The number of likely N-dealkylation sites (tertiary alicyclic amines) is 1. The number of hydrogen-bond acceptors (Lipinski definition) is 13. The SMILES string of the molecule is C[C@H](NC(=O)[C@H](CO)NC(=O)[C@@H](NC(=O)[C@@H]1CCCN1C(=O)[C@H](CCCCN)NC(=O)[C@@H](N)CCCCN)[C@@H](C)O)C(=O)N[C@@H](CCCCN)C(=O)O. The number of amides is 6. The molecule has 0 spiro atoms. The van der Waals surface area contributed by atoms with E-state index in [0.29, 0.717) is 71.0 Å². The molecule has 1 fully saturated rings. The fraction of sp³-hybridized carbons (Fsp3) is 0.788. The lowest BCUT2D eigenvalue weighted by Crippen LogP contribution is -2.61. The van der Waals surface area contributed by atoms with Crippen molar-refractivity contribution in [2.75, 3.05) is 32.8 Å². The van der Waals surface area contributed by atoms with Crippen LogP contribution < -0.4 is 49.5 Å². The molecule has 0 unspecified atom stereocenters. The third-order valence-electron chi connectivity index (χ3n) is 8.90. The maximum absolute atomic E-state index is 13.8. The average Bonchev–Trinajstić information content (AvgIpc) is 3.61. The summed E-state index contributed by atoms with van der Waals surface area (Å²) in [6.45, 7) is 2.94. The summed E-state index contributed by atoms with van der Waals surface area (Å²) in [6, 6.07) is -8.64. The summed E-state index contributed by atoms with van der Waals surface area (Å²) < 4.78 is 0. The highest BCUT2D eigenvalue weighted by Gasteiger charge is 2.40. The van der Waals surface area contributed by atoms with Crippen LogP contribution in [-0.2, 0) is 33.6 Å². The van der Waals surface area contributed by atoms with Gasteiger partial charge in [0.1, 0.15) is 36.3 Å². The van der Waals surface area contributed by atoms with Gasteiger partial charge in [-0.3, -0.25) is 28.8 Å². The number of nitrogens with two attached hydrogens (primary N) is 4. The van der Waals surface area contributed by atoms with Crippen LogP contribution >= 0.6 is 0 Å². The summed E-state index contributed by atoms with van der Waals surface area (Å²) in [5.41, 5.74) is 22.6. The fourth-order valence-corrected chi connectivity index (χ4v) is 5.71. The van der Waals surface area contributed by atoms with E-state index >= 15 is 0 Å². The van der Waals surface area contributed by atoms with E-state index in [2.05, 4.69) is 26.6 Å². The van der Waals surface area contributed by atoms with Crippen LogP contribution in [0, 0.1) is 0 Å². The van der Waals surface area contributed by atoms with E-state index in [9.17, 15) is 48.9 Å². The molecule has 1 saturated heterocycles. The number of carboxylic acids is 1. The number of nitrogens with one attached hydrogen (secondary N) is 5. The third-order valence-corrected chi connectivity index (χ3v) is 8.90. The van der Waals surface area contributed by atoms with E-state index in [4.69, 9.17) is 22.9 Å². The summed E-state index contributed by atoms with van der Waals surface area (Å²) in [5.74, 6) is -5.93. The zero-order valence-electron chi connectivity index (χ0n) is 30.9. The summed E-state index contributed by atoms with van der Waals surface area (Å²) >= 11 is 0. The highest BCUT2D eigenvalue weighted by Crippen LogP contribution is 2.20. The molecule has 6 amide bonds. The van der Waals surface area contributed by atoms with Gasteiger partial charge in [-0.25, -0.2) is 4.79 Å². The standard InChI is InChI=1S/C33H62N10O10/c1-19(27(46)40-23(33(52)53)12-5-8-16-36)38-29(48)24(18-44)41-31(50)26(20(2)45)42-30(49)25-13-9-17-43(25)32(51)22(11-4-7-15-35)39-28(47)21(37)10-3-6-14-34/h19-26,44-45H,3-18,34-37H2,1-2H3,(H,38,48)(H,39,47)(H,40,46)(H,41,50)(H,42,49)(H,52,53)/t19-,20+,21-,22-,23-,24-,25-,26-/m0/s1. The van der Waals surface area contributed by atoms with Crippen molar-refractivity contribution < 1.29 is 48.9 Å². The molecule has 0 bridgehead atoms. The Labute approximate surface area is 310 Å². The summed E-state index contributed by atoms with van der Waals surface area (Å²) in [6.07, 6.45) is 3.35. The Morgan fingerprint density at radius 3 is 1.75 bits per heavy atom. The van der Waals surface area contributed by atoms with E-state index in [1.54, 1.807) is 0 Å². The number of carbonyl (C=O) groups is 7. The zero-order chi connectivity index (χ0) is 40.1. The number of aliphatic carboxylic acids is 1. The average molecular weight is 759 g/mol. The summed E-state index contributed by atoms with van der Waals surface area (Å²) in [4.78, 5) is 91.7. The Bertz CT molecular complexity index is 1210. The van der Waals surface area contributed by atoms with Gasteiger partial charge in [0, 0.05) is 6.54 Å². The molecule has 1 aliphatic rings. The smallest absolute Gasteiger partial charge is 0.326 e. The Morgan fingerprint density at radius 1 is 0.698 bits per heavy atom. The zero-order valence-corrected chi connectivity index (χ0v) is 30.9. The predicted octanol–water partition coefficient (Wildman–Crippen LogP) is -4.41. The molecule has 1 aliphatic heterocycles. The van der Waals surface area contributed by atoms with Gasteiger partial charge in [0.25, 0.3) is 0 Å². The van der Waals surface area contributed by atoms with Crippen LogP contribution in [0.25, 0.3) is 0 Å². The lowest BCUT2D eigenvalue weighted by molar-refractivity contribution is -0.143. The molecular formula is C33H62N10O10. The largest absolute Gasteiger partial charge is 0.480 e. The molecule has 0 aromatic carbocycles. The lowest BCUT2D eigenvalue weighted by Gasteiger charge is -2.31. The Hall–Kier alpha value is -3.95. The normalized spacial score (nSPS) is 18.0. The number of carboxylic acid groups (broad SMARTS) is 1. The Morgan fingerprint density at radius 2 is 1.23 bits per heavy atom. The topological polar surface area (TPSA) is 348 Å². The van der Waals surface area contributed by atoms with Crippen LogP contribution in [-0.4, -0.2) is 143 Å². The van der Waals surface area contributed by atoms with Crippen molar-refractivity contribution in [1.82, 2.24) is 31.5 Å². The lowest BCUT2D eigenvalue weighted by atomic mass is 10.0. The number of nitrogens with zero attached hydrogens (tertiary/aromatic N) is 1. The highest BCUT2D eigenvalue weighted by molar-refractivity contribution is 5.97. The van der Waals surface area contributed by atoms with Gasteiger partial charge in [-0.05, 0) is 97.7 Å². The number of carbonyl (C=O) groups excluding carboxylic acids is 6. The minimum absolute atomic E-state index is 0.115. The molecule has 1 heterocycles. The Balaban J connectivity index is 2.98. The monoisotopic (exact) mass is 758 g/mol. The van der Waals surface area contributed by atoms with E-state index < -0.39 is 96.4 Å². The fourth-order valence-electron chi connectivity index (χ4n) is 5.71. The van der Waals surface area contributed by atoms with Crippen LogP contribution in [0.1, 0.15) is 84.5 Å². The van der Waals surface area contributed by atoms with Crippen molar-refractivity contribution in [1.29, 1.82) is 0 Å². The second kappa shape index (κ2) is 25.1. The van der Waals surface area contributed by atoms with Crippen molar-refractivity contribution in [3.63, 3.8) is 0 Å². The second-order valence-corrected chi connectivity index (χ2v) is 13.3. The van der Waals surface area contributed by atoms with Crippen LogP contribution in [0.4, 0.5) is 0 Å². The summed E-state index contributed by atoms with van der Waals surface area (Å²) in [5, 5.41) is 41.7. The molecular weight excluding hydrogens is 696 g/mol. The third kappa shape index (κ3) is 16.3. The highest BCUT2D eigenvalue weighted by atomic mass is 16.4. The quantitative estimate of drug-likeness (QED) is 0.0371. The van der Waals surface area contributed by atoms with Gasteiger partial charge >= 0.3 is 5.97 Å². The molecule has 0 aromatic heterocycles. The van der Waals surface area contributed by atoms with E-state index in [1.165, 1.54) is 18.7 Å². The van der Waals surface area contributed by atoms with Crippen LogP contribution in [0.5, 0.6) is 0 Å². The molecule has 0 radical (unpaired) electrons. The van der Waals surface area contributed by atoms with E-state index in [0.717, 1.165) is 0 Å². The predicted molar refractivity (Wildman–Crippen MR) is 193 cm³/mol. The van der Waals surface area contributed by atoms with Crippen LogP contribution in [0.3, 0.4) is 0 Å². The summed E-state index contributed by atoms with van der Waals surface area (Å²) in [7, 11) is 0. The molecule has 1 rings (SSSR count). The number of hydrogen-bond donors (Lipinski definition) is 12. The molecule has 16 N–H and O–H groups in total. The minimum Gasteiger partial charge on any atom is -0.480 e. The first kappa shape index (κ1) is 47.1. The molecule has 0 aromatic rings. The van der Waals surface area contributed by atoms with Crippen molar-refractivity contribution in [2.45, 2.75) is 133 Å². The molecule has 20 heteroatoms. The van der Waals surface area contributed by atoms with Gasteiger partial charge in [0.2, 0.25) is 35.4 Å². The van der Waals surface area contributed by atoms with Crippen LogP contribution in [0.15, 0.2) is 0 Å². The first-order valence-electron chi connectivity index (χ1n) is 18.3. The van der Waals surface area contributed by atoms with Crippen molar-refractivity contribution in [3.8, 4) is 0 Å². The van der Waals surface area contributed by atoms with E-state index in [1.807, 2.05) is 0 Å². The second-order valence-electron chi connectivity index (χ2n) is 13.3. The van der Waals surface area contributed by atoms with Gasteiger partial charge in [-0.2, -0.15) is 0 Å². The van der Waals surface area contributed by atoms with Gasteiger partial charge < -0.3 is 69.7 Å². The molecule has 304 valence electrons. The van der Waals surface area contributed by atoms with Crippen molar-refractivity contribution in [3.05, 3.63) is 0 Å². The molecule has 8 atom stereocenters. The molecule has 20 nitrogen and oxygen atoms in total. The minimum atomic E-state index is -1.63. The maximum atomic E-state index is 13.8. The molecule has 0 saturated carbocycles. The number of unbranched alkanes of at least 4 members (excludes halogenated alkanes) is 3. The van der Waals surface area contributed by atoms with Crippen LogP contribution in [0.2, 0.25) is 0 Å². The van der Waals surface area contributed by atoms with Crippen molar-refractivity contribution >= 4 is 41.4 Å². The first-order chi connectivity index (χ1) is 25.1. The van der Waals surface area contributed by atoms with Crippen molar-refractivity contribution in [2.24, 2.45) is 22.9 Å². The number of aliphatic hydroxyl groups excluding tert-OH is 2. The first-order valence-corrected chi connectivity index (χ1v) is 18.3. The maximum Gasteiger partial charge on any atom is 0.326 e. The molecule has 53 heavy (non-hydrogen) atoms. The van der Waals surface area contributed by atoms with Gasteiger partial charge in [0.05, 0.1) is 18.8 Å².